The van der Waals surface area contributed by atoms with Crippen molar-refractivity contribution in [1.29, 1.82) is 0 Å². The molecule has 0 radical (unpaired) electrons. The zero-order valence-corrected chi connectivity index (χ0v) is 10.9. The molecule has 0 aromatic rings. The van der Waals surface area contributed by atoms with E-state index in [1.807, 2.05) is 20.8 Å². The summed E-state index contributed by atoms with van der Waals surface area (Å²) in [6.07, 6.45) is 0. The molecule has 4 heteroatoms. The van der Waals surface area contributed by atoms with Crippen LogP contribution in [0.1, 0.15) is 20.8 Å². The second-order valence-electron chi connectivity index (χ2n) is 5.04. The van der Waals surface area contributed by atoms with Crippen molar-refractivity contribution in [3.63, 3.8) is 0 Å². The minimum absolute atomic E-state index is 0. The minimum Gasteiger partial charge on any atom is -0.608 e. The standard InChI is InChI=1S/C9H20O2Si.Li/c1-9(2,3)11-8(10)7-12(4,5)6;/h7,10H,1-6H3;/q;+1/p-1/b8-7-;. The average molecular weight is 194 g/mol. The molecule has 0 heterocycles. The normalized spacial score (nSPS) is 13.5. The molecule has 0 atom stereocenters. The first kappa shape index (κ1) is 15.6. The van der Waals surface area contributed by atoms with E-state index in [1.54, 1.807) is 5.70 Å². The monoisotopic (exact) mass is 194 g/mol. The SMILES string of the molecule is CC(C)(C)O/C([O-])=C\[Si](C)(C)C.[Li+]. The van der Waals surface area contributed by atoms with Crippen LogP contribution in [0.4, 0.5) is 0 Å². The van der Waals surface area contributed by atoms with Gasteiger partial charge in [-0.15, -0.1) is 0 Å². The van der Waals surface area contributed by atoms with Crippen LogP contribution in [0.15, 0.2) is 11.6 Å². The van der Waals surface area contributed by atoms with Gasteiger partial charge in [-0.25, -0.2) is 0 Å². The molecule has 2 nitrogen and oxygen atoms in total. The van der Waals surface area contributed by atoms with Gasteiger partial charge in [0.2, 0.25) is 0 Å². The van der Waals surface area contributed by atoms with Gasteiger partial charge in [0.15, 0.2) is 0 Å². The molecule has 0 saturated heterocycles. The van der Waals surface area contributed by atoms with Gasteiger partial charge in [0.25, 0.3) is 0 Å². The van der Waals surface area contributed by atoms with Gasteiger partial charge in [0, 0.05) is 11.5 Å². The Hall–Kier alpha value is 0.154. The second-order valence-corrected chi connectivity index (χ2v) is 10.1. The van der Waals surface area contributed by atoms with Crippen molar-refractivity contribution < 1.29 is 28.7 Å². The van der Waals surface area contributed by atoms with E-state index in [9.17, 15) is 5.11 Å². The molecule has 0 aliphatic rings. The van der Waals surface area contributed by atoms with Crippen LogP contribution in [-0.4, -0.2) is 13.7 Å². The van der Waals surface area contributed by atoms with E-state index in [0.29, 0.717) is 0 Å². The third kappa shape index (κ3) is 12.2. The van der Waals surface area contributed by atoms with Gasteiger partial charge >= 0.3 is 18.9 Å². The summed E-state index contributed by atoms with van der Waals surface area (Å²) >= 11 is 0. The molecule has 0 rings (SSSR count). The zero-order chi connectivity index (χ0) is 9.99. The first-order chi connectivity index (χ1) is 5.10. The molecule has 13 heavy (non-hydrogen) atoms. The Morgan fingerprint density at radius 2 is 1.62 bits per heavy atom. The Balaban J connectivity index is 0. The third-order valence-electron chi connectivity index (χ3n) is 0.958. The maximum absolute atomic E-state index is 11.2. The van der Waals surface area contributed by atoms with Crippen molar-refractivity contribution in [2.75, 3.05) is 0 Å². The Morgan fingerprint density at radius 3 is 1.85 bits per heavy atom. The van der Waals surface area contributed by atoms with Crippen LogP contribution >= 0.6 is 0 Å². The van der Waals surface area contributed by atoms with Crippen LogP contribution < -0.4 is 24.0 Å². The summed E-state index contributed by atoms with van der Waals surface area (Å²) in [5.74, 6) is -0.179. The molecule has 0 fully saturated rings. The van der Waals surface area contributed by atoms with Gasteiger partial charge in [-0.05, 0) is 0 Å². The van der Waals surface area contributed by atoms with Gasteiger partial charge in [-0.3, -0.25) is 0 Å². The topological polar surface area (TPSA) is 32.3 Å². The first-order valence-electron chi connectivity index (χ1n) is 4.19. The summed E-state index contributed by atoms with van der Waals surface area (Å²) in [6, 6.07) is 0. The van der Waals surface area contributed by atoms with Crippen molar-refractivity contribution in [2.24, 2.45) is 0 Å². The molecule has 0 N–H and O–H groups in total. The zero-order valence-electron chi connectivity index (χ0n) is 9.89. The number of ether oxygens (including phenoxy) is 1. The summed E-state index contributed by atoms with van der Waals surface area (Å²) in [5, 5.41) is 11.2. The molecule has 0 spiro atoms. The van der Waals surface area contributed by atoms with Crippen LogP contribution in [0.2, 0.25) is 19.6 Å². The fourth-order valence-electron chi connectivity index (χ4n) is 0.685. The summed E-state index contributed by atoms with van der Waals surface area (Å²) in [4.78, 5) is 0. The predicted molar refractivity (Wildman–Crippen MR) is 52.3 cm³/mol. The quantitative estimate of drug-likeness (QED) is 0.412. The van der Waals surface area contributed by atoms with Crippen molar-refractivity contribution in [3.8, 4) is 0 Å². The summed E-state index contributed by atoms with van der Waals surface area (Å²) in [7, 11) is -1.42. The smallest absolute Gasteiger partial charge is 0.608 e. The van der Waals surface area contributed by atoms with Crippen LogP contribution in [0.25, 0.3) is 0 Å². The molecule has 0 aliphatic heterocycles. The van der Waals surface area contributed by atoms with Gasteiger partial charge < -0.3 is 9.84 Å². The fourth-order valence-corrected chi connectivity index (χ4v) is 1.45. The molecule has 0 amide bonds. The van der Waals surface area contributed by atoms with Crippen LogP contribution in [0.3, 0.4) is 0 Å². The predicted octanol–water partition coefficient (Wildman–Crippen LogP) is -1.12. The minimum atomic E-state index is -1.42. The van der Waals surface area contributed by atoms with Crippen molar-refractivity contribution in [2.45, 2.75) is 46.0 Å². The number of rotatable bonds is 2. The van der Waals surface area contributed by atoms with Gasteiger partial charge in [0.1, 0.15) is 0 Å². The number of hydrogen-bond acceptors (Lipinski definition) is 2. The van der Waals surface area contributed by atoms with Crippen molar-refractivity contribution in [3.05, 3.63) is 11.6 Å². The Labute approximate surface area is 94.6 Å². The first-order valence-corrected chi connectivity index (χ1v) is 7.77. The van der Waals surface area contributed by atoms with Crippen LogP contribution in [0, 0.1) is 0 Å². The fraction of sp³-hybridized carbons (Fsp3) is 0.778. The number of hydrogen-bond donors (Lipinski definition) is 0. The van der Waals surface area contributed by atoms with E-state index < -0.39 is 8.07 Å². The van der Waals surface area contributed by atoms with Gasteiger partial charge in [-0.1, -0.05) is 46.1 Å². The van der Waals surface area contributed by atoms with E-state index >= 15 is 0 Å². The van der Waals surface area contributed by atoms with E-state index in [0.717, 1.165) is 0 Å². The molecular weight excluding hydrogens is 175 g/mol. The van der Waals surface area contributed by atoms with E-state index in [-0.39, 0.29) is 30.4 Å². The average Bonchev–Trinajstić information content (AvgIpc) is 1.49. The van der Waals surface area contributed by atoms with E-state index in [4.69, 9.17) is 4.74 Å². The summed E-state index contributed by atoms with van der Waals surface area (Å²) in [6.45, 7) is 12.0. The second kappa shape index (κ2) is 5.14. The molecule has 0 saturated carbocycles. The van der Waals surface area contributed by atoms with Crippen LogP contribution in [0.5, 0.6) is 0 Å². The maximum Gasteiger partial charge on any atom is 1.00 e. The van der Waals surface area contributed by atoms with Gasteiger partial charge in [0.05, 0.1) is 8.07 Å². The van der Waals surface area contributed by atoms with Gasteiger partial charge in [-0.2, -0.15) is 0 Å². The molecule has 0 aliphatic carbocycles. The van der Waals surface area contributed by atoms with Crippen molar-refractivity contribution >= 4 is 8.07 Å². The summed E-state index contributed by atoms with van der Waals surface area (Å²) in [5.41, 5.74) is 1.37. The molecule has 0 bridgehead atoms. The maximum atomic E-state index is 11.2. The Morgan fingerprint density at radius 1 is 1.23 bits per heavy atom. The molecule has 0 aromatic heterocycles. The summed E-state index contributed by atoms with van der Waals surface area (Å²) < 4.78 is 5.15. The van der Waals surface area contributed by atoms with E-state index in [1.165, 1.54) is 0 Å². The van der Waals surface area contributed by atoms with Crippen molar-refractivity contribution in [1.82, 2.24) is 0 Å². The van der Waals surface area contributed by atoms with E-state index in [2.05, 4.69) is 19.6 Å². The van der Waals surface area contributed by atoms with Crippen LogP contribution in [-0.2, 0) is 4.74 Å². The molecule has 0 unspecified atom stereocenters. The molecule has 0 aromatic carbocycles. The largest absolute Gasteiger partial charge is 1.00 e. The Bertz CT molecular complexity index is 177. The third-order valence-corrected chi connectivity index (χ3v) is 2.06. The molecule has 72 valence electrons. The molecular formula is C9H19LiO2Si. The Kier molecular flexibility index (Phi) is 6.17.